The monoisotopic (exact) mass is 301 g/mol. The van der Waals surface area contributed by atoms with Crippen LogP contribution in [0.3, 0.4) is 0 Å². The molecule has 1 unspecified atom stereocenters. The first-order valence-electron chi connectivity index (χ1n) is 6.97. The van der Waals surface area contributed by atoms with Crippen LogP contribution in [0.4, 0.5) is 5.82 Å². The number of hydrogen-bond acceptors (Lipinski definition) is 3. The van der Waals surface area contributed by atoms with Crippen LogP contribution in [0.15, 0.2) is 18.2 Å². The summed E-state index contributed by atoms with van der Waals surface area (Å²) >= 11 is 0. The molecule has 0 aliphatic carbocycles. The molecule has 116 valence electrons. The zero-order valence-electron chi connectivity index (χ0n) is 13.0. The molecule has 0 bridgehead atoms. The Morgan fingerprint density at radius 2 is 1.77 bits per heavy atom. The minimum Gasteiger partial charge on any atom is -0.481 e. The number of carbonyl (C=O) groups excluding carboxylic acids is 1. The lowest BCUT2D eigenvalue weighted by atomic mass is 9.99. The molecule has 6 nitrogen and oxygen atoms in total. The van der Waals surface area contributed by atoms with E-state index in [1.807, 2.05) is 13.8 Å². The maximum absolute atomic E-state index is 11.7. The predicted octanol–water partition coefficient (Wildman–Crippen LogP) is 2.66. The van der Waals surface area contributed by atoms with Crippen molar-refractivity contribution in [2.45, 2.75) is 27.7 Å². The number of carbonyl (C=O) groups is 2. The number of carboxylic acids is 1. The van der Waals surface area contributed by atoms with E-state index in [9.17, 15) is 9.59 Å². The highest BCUT2D eigenvalue weighted by molar-refractivity contribution is 6.03. The van der Waals surface area contributed by atoms with Gasteiger partial charge in [-0.25, -0.2) is 0 Å². The number of aromatic amines is 1. The van der Waals surface area contributed by atoms with E-state index >= 15 is 0 Å². The fourth-order valence-electron chi connectivity index (χ4n) is 2.12. The van der Waals surface area contributed by atoms with E-state index in [4.69, 9.17) is 5.11 Å². The summed E-state index contributed by atoms with van der Waals surface area (Å²) in [6, 6.07) is 5.85. The van der Waals surface area contributed by atoms with Crippen LogP contribution in [0, 0.1) is 26.7 Å². The summed E-state index contributed by atoms with van der Waals surface area (Å²) < 4.78 is 0. The van der Waals surface area contributed by atoms with E-state index in [1.54, 1.807) is 6.07 Å². The predicted molar refractivity (Wildman–Crippen MR) is 83.7 cm³/mol. The Hall–Kier alpha value is -2.63. The third-order valence-corrected chi connectivity index (χ3v) is 3.72. The first-order valence-corrected chi connectivity index (χ1v) is 6.97. The van der Waals surface area contributed by atoms with Gasteiger partial charge in [-0.1, -0.05) is 6.07 Å². The zero-order chi connectivity index (χ0) is 16.4. The SMILES string of the molecule is Cc1cc(C)c(-c2cc(NC(=O)C(C)C(=O)O)n[nH]2)cc1C. The number of benzene rings is 1. The highest BCUT2D eigenvalue weighted by Gasteiger charge is 2.21. The molecule has 2 aromatic rings. The summed E-state index contributed by atoms with van der Waals surface area (Å²) in [6.07, 6.45) is 0. The van der Waals surface area contributed by atoms with E-state index in [-0.39, 0.29) is 0 Å². The topological polar surface area (TPSA) is 95.1 Å². The Labute approximate surface area is 128 Å². The summed E-state index contributed by atoms with van der Waals surface area (Å²) in [5.41, 5.74) is 5.26. The molecule has 0 saturated heterocycles. The fourth-order valence-corrected chi connectivity index (χ4v) is 2.12. The van der Waals surface area contributed by atoms with Crippen molar-refractivity contribution in [2.24, 2.45) is 5.92 Å². The Bertz CT molecular complexity index is 734. The molecule has 1 atom stereocenters. The second-order valence-corrected chi connectivity index (χ2v) is 5.47. The van der Waals surface area contributed by atoms with Crippen molar-refractivity contribution in [3.63, 3.8) is 0 Å². The minimum absolute atomic E-state index is 0.311. The molecule has 0 aliphatic rings. The molecule has 0 spiro atoms. The largest absolute Gasteiger partial charge is 0.481 e. The number of nitrogens with zero attached hydrogens (tertiary/aromatic N) is 1. The van der Waals surface area contributed by atoms with Gasteiger partial charge < -0.3 is 10.4 Å². The molecule has 1 heterocycles. The highest BCUT2D eigenvalue weighted by Crippen LogP contribution is 2.26. The molecule has 1 amide bonds. The average Bonchev–Trinajstić information content (AvgIpc) is 2.90. The van der Waals surface area contributed by atoms with Gasteiger partial charge in [-0.2, -0.15) is 5.10 Å². The van der Waals surface area contributed by atoms with E-state index in [0.717, 1.165) is 16.8 Å². The second kappa shape index (κ2) is 6.01. The van der Waals surface area contributed by atoms with Crippen LogP contribution < -0.4 is 5.32 Å². The number of anilines is 1. The van der Waals surface area contributed by atoms with Gasteiger partial charge in [0.1, 0.15) is 5.92 Å². The van der Waals surface area contributed by atoms with Crippen molar-refractivity contribution >= 4 is 17.7 Å². The van der Waals surface area contributed by atoms with Crippen molar-refractivity contribution in [3.05, 3.63) is 34.9 Å². The molecule has 1 aromatic heterocycles. The van der Waals surface area contributed by atoms with E-state index < -0.39 is 17.8 Å². The van der Waals surface area contributed by atoms with Gasteiger partial charge in [0.25, 0.3) is 0 Å². The number of amides is 1. The average molecular weight is 301 g/mol. The molecular weight excluding hydrogens is 282 g/mol. The number of nitrogens with one attached hydrogen (secondary N) is 2. The van der Waals surface area contributed by atoms with Gasteiger partial charge in [0.05, 0.1) is 5.69 Å². The molecule has 3 N–H and O–H groups in total. The Morgan fingerprint density at radius 1 is 1.14 bits per heavy atom. The number of aromatic nitrogens is 2. The van der Waals surface area contributed by atoms with Crippen LogP contribution in [0.2, 0.25) is 0 Å². The normalized spacial score (nSPS) is 12.0. The van der Waals surface area contributed by atoms with Crippen LogP contribution in [-0.2, 0) is 9.59 Å². The first kappa shape index (κ1) is 15.8. The number of carboxylic acid groups (broad SMARTS) is 1. The van der Waals surface area contributed by atoms with Gasteiger partial charge in [-0.3, -0.25) is 14.7 Å². The van der Waals surface area contributed by atoms with Crippen LogP contribution in [0.25, 0.3) is 11.3 Å². The lowest BCUT2D eigenvalue weighted by Crippen LogP contribution is -2.26. The third kappa shape index (κ3) is 3.16. The Balaban J connectivity index is 2.24. The molecule has 0 radical (unpaired) electrons. The summed E-state index contributed by atoms with van der Waals surface area (Å²) in [5.74, 6) is -2.57. The quantitative estimate of drug-likeness (QED) is 0.757. The summed E-state index contributed by atoms with van der Waals surface area (Å²) in [5, 5.41) is 18.2. The third-order valence-electron chi connectivity index (χ3n) is 3.72. The fraction of sp³-hybridized carbons (Fsp3) is 0.312. The van der Waals surface area contributed by atoms with Gasteiger partial charge in [0.2, 0.25) is 5.91 Å². The summed E-state index contributed by atoms with van der Waals surface area (Å²) in [7, 11) is 0. The van der Waals surface area contributed by atoms with Crippen molar-refractivity contribution < 1.29 is 14.7 Å². The molecule has 22 heavy (non-hydrogen) atoms. The van der Waals surface area contributed by atoms with Gasteiger partial charge >= 0.3 is 5.97 Å². The second-order valence-electron chi connectivity index (χ2n) is 5.47. The lowest BCUT2D eigenvalue weighted by molar-refractivity contribution is -0.144. The van der Waals surface area contributed by atoms with E-state index in [2.05, 4.69) is 34.6 Å². The molecule has 6 heteroatoms. The van der Waals surface area contributed by atoms with E-state index in [0.29, 0.717) is 5.82 Å². The zero-order valence-corrected chi connectivity index (χ0v) is 13.0. The maximum atomic E-state index is 11.7. The number of hydrogen-bond donors (Lipinski definition) is 3. The molecule has 0 saturated carbocycles. The standard InChI is InChI=1S/C16H19N3O3/c1-8-5-10(3)12(6-9(8)2)13-7-14(19-18-13)17-15(20)11(4)16(21)22/h5-7,11H,1-4H3,(H,21,22)(H2,17,18,19,20). The molecule has 0 fully saturated rings. The van der Waals surface area contributed by atoms with Gasteiger partial charge in [-0.15, -0.1) is 0 Å². The number of H-pyrrole nitrogens is 1. The lowest BCUT2D eigenvalue weighted by Gasteiger charge is -2.07. The van der Waals surface area contributed by atoms with Gasteiger partial charge in [0, 0.05) is 11.6 Å². The maximum Gasteiger partial charge on any atom is 0.315 e. The smallest absolute Gasteiger partial charge is 0.315 e. The van der Waals surface area contributed by atoms with Crippen LogP contribution in [0.1, 0.15) is 23.6 Å². The van der Waals surface area contributed by atoms with E-state index in [1.165, 1.54) is 18.1 Å². The van der Waals surface area contributed by atoms with Crippen molar-refractivity contribution in [1.82, 2.24) is 10.2 Å². The van der Waals surface area contributed by atoms with Gasteiger partial charge in [0.15, 0.2) is 5.82 Å². The molecule has 2 rings (SSSR count). The van der Waals surface area contributed by atoms with Crippen LogP contribution >= 0.6 is 0 Å². The molecule has 1 aromatic carbocycles. The Kier molecular flexibility index (Phi) is 4.30. The van der Waals surface area contributed by atoms with Crippen LogP contribution in [0.5, 0.6) is 0 Å². The number of rotatable bonds is 4. The summed E-state index contributed by atoms with van der Waals surface area (Å²) in [6.45, 7) is 7.43. The highest BCUT2D eigenvalue weighted by atomic mass is 16.4. The number of aryl methyl sites for hydroxylation is 3. The minimum atomic E-state index is -1.17. The number of aliphatic carboxylic acids is 1. The molecular formula is C16H19N3O3. The van der Waals surface area contributed by atoms with Crippen molar-refractivity contribution in [3.8, 4) is 11.3 Å². The van der Waals surface area contributed by atoms with Crippen LogP contribution in [-0.4, -0.2) is 27.2 Å². The Morgan fingerprint density at radius 3 is 2.41 bits per heavy atom. The van der Waals surface area contributed by atoms with Crippen molar-refractivity contribution in [1.29, 1.82) is 0 Å². The van der Waals surface area contributed by atoms with Crippen molar-refractivity contribution in [2.75, 3.05) is 5.32 Å². The first-order chi connectivity index (χ1) is 10.3. The summed E-state index contributed by atoms with van der Waals surface area (Å²) in [4.78, 5) is 22.5. The van der Waals surface area contributed by atoms with Gasteiger partial charge in [-0.05, 0) is 50.5 Å². The molecule has 0 aliphatic heterocycles.